The van der Waals surface area contributed by atoms with Crippen LogP contribution in [0.4, 0.5) is 0 Å². The number of rotatable bonds is 4. The molecule has 1 heterocycles. The van der Waals surface area contributed by atoms with Crippen LogP contribution in [0.5, 0.6) is 0 Å². The van der Waals surface area contributed by atoms with Crippen LogP contribution in [-0.2, 0) is 16.4 Å². The molecule has 0 bridgehead atoms. The van der Waals surface area contributed by atoms with Gasteiger partial charge in [0.2, 0.25) is 0 Å². The molecule has 1 aromatic heterocycles. The Morgan fingerprint density at radius 2 is 1.89 bits per heavy atom. The van der Waals surface area contributed by atoms with Gasteiger partial charge in [-0.05, 0) is 32.0 Å². The monoisotopic (exact) mass is 278 g/mol. The fourth-order valence-corrected chi connectivity index (χ4v) is 2.45. The highest BCUT2D eigenvalue weighted by Gasteiger charge is 2.37. The number of nitrogens with one attached hydrogen (secondary N) is 1. The SMILES string of the molecule is C#CC(C)(C)c1nc[nH]c1CO[Si](C)(C)C(C)(C)C. The van der Waals surface area contributed by atoms with Gasteiger partial charge in [0.25, 0.3) is 0 Å². The minimum absolute atomic E-state index is 0.203. The average molecular weight is 278 g/mol. The van der Waals surface area contributed by atoms with E-state index < -0.39 is 8.32 Å². The molecule has 0 radical (unpaired) electrons. The third-order valence-electron chi connectivity index (χ3n) is 4.05. The van der Waals surface area contributed by atoms with Gasteiger partial charge in [0, 0.05) is 0 Å². The summed E-state index contributed by atoms with van der Waals surface area (Å²) >= 11 is 0. The number of hydrogen-bond donors (Lipinski definition) is 1. The van der Waals surface area contributed by atoms with Crippen LogP contribution in [0.25, 0.3) is 0 Å². The second-order valence-electron chi connectivity index (χ2n) is 7.05. The summed E-state index contributed by atoms with van der Waals surface area (Å²) in [6, 6.07) is 0. The first kappa shape index (κ1) is 16.0. The van der Waals surface area contributed by atoms with Crippen molar-refractivity contribution in [3.8, 4) is 12.3 Å². The second kappa shape index (κ2) is 5.14. The molecule has 3 nitrogen and oxygen atoms in total. The van der Waals surface area contributed by atoms with E-state index in [1.165, 1.54) is 0 Å². The lowest BCUT2D eigenvalue weighted by molar-refractivity contribution is 0.270. The standard InChI is InChI=1S/C15H26N2OSi/c1-9-15(5,6)13-12(16-11-17-13)10-18-19(7,8)14(2,3)4/h1,11H,10H2,2-8H3,(H,16,17). The zero-order valence-corrected chi connectivity index (χ0v) is 14.2. The van der Waals surface area contributed by atoms with E-state index in [1.54, 1.807) is 6.33 Å². The van der Waals surface area contributed by atoms with Crippen molar-refractivity contribution in [1.82, 2.24) is 9.97 Å². The molecule has 1 aromatic rings. The molecule has 1 N–H and O–H groups in total. The normalized spacial score (nSPS) is 13.4. The molecule has 1 rings (SSSR count). The molecule has 0 aliphatic carbocycles. The number of H-pyrrole nitrogens is 1. The lowest BCUT2D eigenvalue weighted by Crippen LogP contribution is -2.40. The largest absolute Gasteiger partial charge is 0.411 e. The summed E-state index contributed by atoms with van der Waals surface area (Å²) in [5.74, 6) is 2.78. The maximum absolute atomic E-state index is 6.22. The van der Waals surface area contributed by atoms with E-state index in [0.717, 1.165) is 11.4 Å². The summed E-state index contributed by atoms with van der Waals surface area (Å²) in [6.07, 6.45) is 7.27. The molecule has 0 atom stereocenters. The molecule has 0 fully saturated rings. The van der Waals surface area contributed by atoms with Crippen molar-refractivity contribution in [2.24, 2.45) is 0 Å². The molecular formula is C15H26N2OSi. The van der Waals surface area contributed by atoms with Gasteiger partial charge in [-0.1, -0.05) is 26.7 Å². The van der Waals surface area contributed by atoms with Crippen LogP contribution in [0.1, 0.15) is 46.0 Å². The Morgan fingerprint density at radius 3 is 2.37 bits per heavy atom. The van der Waals surface area contributed by atoms with Crippen LogP contribution >= 0.6 is 0 Å². The predicted octanol–water partition coefficient (Wildman–Crippen LogP) is 3.84. The van der Waals surface area contributed by atoms with E-state index in [9.17, 15) is 0 Å². The Balaban J connectivity index is 2.87. The Labute approximate surface area is 118 Å². The summed E-state index contributed by atoms with van der Waals surface area (Å²) in [4.78, 5) is 7.52. The number of nitrogens with zero attached hydrogens (tertiary/aromatic N) is 1. The van der Waals surface area contributed by atoms with Gasteiger partial charge in [-0.3, -0.25) is 0 Å². The molecule has 106 valence electrons. The van der Waals surface area contributed by atoms with Crippen LogP contribution in [0, 0.1) is 12.3 Å². The molecule has 0 aliphatic rings. The van der Waals surface area contributed by atoms with E-state index in [-0.39, 0.29) is 10.5 Å². The van der Waals surface area contributed by atoms with Gasteiger partial charge >= 0.3 is 0 Å². The fourth-order valence-electron chi connectivity index (χ4n) is 1.51. The molecule has 4 heteroatoms. The minimum atomic E-state index is -1.75. The Kier molecular flexibility index (Phi) is 4.33. The third-order valence-corrected chi connectivity index (χ3v) is 8.53. The molecule has 0 saturated carbocycles. The first-order chi connectivity index (χ1) is 8.51. The average Bonchev–Trinajstić information content (AvgIpc) is 2.73. The van der Waals surface area contributed by atoms with Crippen molar-refractivity contribution in [1.29, 1.82) is 0 Å². The highest BCUT2D eigenvalue weighted by molar-refractivity contribution is 6.74. The Hall–Kier alpha value is -1.05. The second-order valence-corrected chi connectivity index (χ2v) is 11.9. The summed E-state index contributed by atoms with van der Waals surface area (Å²) in [5, 5.41) is 0.203. The number of hydrogen-bond acceptors (Lipinski definition) is 2. The lowest BCUT2D eigenvalue weighted by Gasteiger charge is -2.36. The van der Waals surface area contributed by atoms with Gasteiger partial charge in [-0.2, -0.15) is 0 Å². The minimum Gasteiger partial charge on any atom is -0.411 e. The van der Waals surface area contributed by atoms with E-state index in [0.29, 0.717) is 6.61 Å². The zero-order chi connectivity index (χ0) is 14.9. The van der Waals surface area contributed by atoms with Crippen LogP contribution in [0.2, 0.25) is 18.1 Å². The highest BCUT2D eigenvalue weighted by Crippen LogP contribution is 2.37. The van der Waals surface area contributed by atoms with Crippen LogP contribution in [0.3, 0.4) is 0 Å². The van der Waals surface area contributed by atoms with Crippen molar-refractivity contribution < 1.29 is 4.43 Å². The molecular weight excluding hydrogens is 252 g/mol. The van der Waals surface area contributed by atoms with Gasteiger partial charge in [0.05, 0.1) is 29.7 Å². The summed E-state index contributed by atoms with van der Waals surface area (Å²) in [6.45, 7) is 15.7. The van der Waals surface area contributed by atoms with Gasteiger partial charge in [-0.25, -0.2) is 4.98 Å². The number of imidazole rings is 1. The van der Waals surface area contributed by atoms with Crippen LogP contribution in [0.15, 0.2) is 6.33 Å². The zero-order valence-electron chi connectivity index (χ0n) is 13.2. The van der Waals surface area contributed by atoms with E-state index >= 15 is 0 Å². The highest BCUT2D eigenvalue weighted by atomic mass is 28.4. The lowest BCUT2D eigenvalue weighted by atomic mass is 9.89. The smallest absolute Gasteiger partial charge is 0.192 e. The number of aromatic amines is 1. The summed E-state index contributed by atoms with van der Waals surface area (Å²) in [7, 11) is -1.75. The molecule has 0 amide bonds. The maximum atomic E-state index is 6.22. The molecule has 0 aliphatic heterocycles. The van der Waals surface area contributed by atoms with Crippen LogP contribution in [-0.4, -0.2) is 18.3 Å². The maximum Gasteiger partial charge on any atom is 0.192 e. The summed E-state index contributed by atoms with van der Waals surface area (Å²) in [5.41, 5.74) is 1.54. The van der Waals surface area contributed by atoms with Crippen molar-refractivity contribution in [3.63, 3.8) is 0 Å². The van der Waals surface area contributed by atoms with Gasteiger partial charge in [-0.15, -0.1) is 6.42 Å². The van der Waals surface area contributed by atoms with Gasteiger partial charge < -0.3 is 9.41 Å². The van der Waals surface area contributed by atoms with E-state index in [4.69, 9.17) is 10.8 Å². The van der Waals surface area contributed by atoms with E-state index in [2.05, 4.69) is 49.8 Å². The fraction of sp³-hybridized carbons (Fsp3) is 0.667. The molecule has 0 aromatic carbocycles. The molecule has 0 unspecified atom stereocenters. The van der Waals surface area contributed by atoms with Gasteiger partial charge in [0.15, 0.2) is 8.32 Å². The third kappa shape index (κ3) is 3.49. The molecule has 0 saturated heterocycles. The molecule has 0 spiro atoms. The van der Waals surface area contributed by atoms with Crippen molar-refractivity contribution >= 4 is 8.32 Å². The van der Waals surface area contributed by atoms with E-state index in [1.807, 2.05) is 13.8 Å². The topological polar surface area (TPSA) is 37.9 Å². The Bertz CT molecular complexity index is 475. The van der Waals surface area contributed by atoms with Crippen molar-refractivity contribution in [3.05, 3.63) is 17.7 Å². The predicted molar refractivity (Wildman–Crippen MR) is 82.4 cm³/mol. The quantitative estimate of drug-likeness (QED) is 0.671. The van der Waals surface area contributed by atoms with Crippen molar-refractivity contribution in [2.75, 3.05) is 0 Å². The molecule has 19 heavy (non-hydrogen) atoms. The van der Waals surface area contributed by atoms with Crippen molar-refractivity contribution in [2.45, 2.75) is 64.8 Å². The number of aromatic nitrogens is 2. The first-order valence-electron chi connectivity index (χ1n) is 6.66. The first-order valence-corrected chi connectivity index (χ1v) is 9.56. The van der Waals surface area contributed by atoms with Crippen LogP contribution < -0.4 is 0 Å². The van der Waals surface area contributed by atoms with Gasteiger partial charge in [0.1, 0.15) is 0 Å². The Morgan fingerprint density at radius 1 is 1.32 bits per heavy atom. The summed E-state index contributed by atoms with van der Waals surface area (Å²) < 4.78 is 6.22. The number of terminal acetylenes is 1.